The molecule has 2 N–H and O–H groups in total. The van der Waals surface area contributed by atoms with E-state index in [9.17, 15) is 4.79 Å². The molecule has 0 fully saturated rings. The molecule has 0 aliphatic heterocycles. The fraction of sp³-hybridized carbons (Fsp3) is 0.267. The number of rotatable bonds is 4. The highest BCUT2D eigenvalue weighted by atomic mass is 35.5. The molecule has 0 aliphatic rings. The molecule has 1 aromatic carbocycles. The summed E-state index contributed by atoms with van der Waals surface area (Å²) >= 11 is 7.57. The summed E-state index contributed by atoms with van der Waals surface area (Å²) in [6.45, 7) is 5.02. The number of hydrogen-bond acceptors (Lipinski definition) is 3. The van der Waals surface area contributed by atoms with E-state index in [1.165, 1.54) is 11.3 Å². The lowest BCUT2D eigenvalue weighted by molar-refractivity contribution is 0.0757. The largest absolute Gasteiger partial charge is 0.399 e. The Kier molecular flexibility index (Phi) is 4.68. The fourth-order valence-electron chi connectivity index (χ4n) is 1.96. The maximum atomic E-state index is 12.5. The summed E-state index contributed by atoms with van der Waals surface area (Å²) in [4.78, 5) is 14.9. The highest BCUT2D eigenvalue weighted by Crippen LogP contribution is 2.28. The smallest absolute Gasteiger partial charge is 0.265 e. The van der Waals surface area contributed by atoms with Gasteiger partial charge in [-0.1, -0.05) is 23.7 Å². The zero-order chi connectivity index (χ0) is 14.7. The molecule has 2 rings (SSSR count). The van der Waals surface area contributed by atoms with Gasteiger partial charge in [-0.05, 0) is 42.5 Å². The van der Waals surface area contributed by atoms with Crippen LogP contribution in [0, 0.1) is 6.92 Å². The topological polar surface area (TPSA) is 46.3 Å². The van der Waals surface area contributed by atoms with Crippen LogP contribution in [0.15, 0.2) is 29.6 Å². The molecule has 0 unspecified atom stereocenters. The molecule has 0 spiro atoms. The third-order valence-corrected chi connectivity index (χ3v) is 4.77. The first kappa shape index (κ1) is 14.9. The van der Waals surface area contributed by atoms with Crippen LogP contribution in [0.4, 0.5) is 5.69 Å². The number of halogens is 1. The summed E-state index contributed by atoms with van der Waals surface area (Å²) in [6.07, 6.45) is 0. The minimum Gasteiger partial charge on any atom is -0.399 e. The van der Waals surface area contributed by atoms with Crippen molar-refractivity contribution in [3.05, 3.63) is 50.7 Å². The summed E-state index contributed by atoms with van der Waals surface area (Å²) in [5.41, 5.74) is 8.44. The molecule has 0 atom stereocenters. The van der Waals surface area contributed by atoms with E-state index in [-0.39, 0.29) is 5.91 Å². The SMILES string of the molecule is CCN(Cc1cccc(N)c1)C(=O)c1scc(C)c1Cl. The van der Waals surface area contributed by atoms with E-state index in [2.05, 4.69) is 0 Å². The zero-order valence-corrected chi connectivity index (χ0v) is 13.1. The second-order valence-electron chi connectivity index (χ2n) is 4.63. The number of nitrogens with two attached hydrogens (primary N) is 1. The van der Waals surface area contributed by atoms with Crippen LogP contribution in [0.1, 0.15) is 27.7 Å². The van der Waals surface area contributed by atoms with Gasteiger partial charge < -0.3 is 10.6 Å². The van der Waals surface area contributed by atoms with Gasteiger partial charge in [-0.25, -0.2) is 0 Å². The molecule has 0 bridgehead atoms. The summed E-state index contributed by atoms with van der Waals surface area (Å²) in [5, 5.41) is 2.47. The number of nitrogen functional groups attached to an aromatic ring is 1. The van der Waals surface area contributed by atoms with Crippen molar-refractivity contribution >= 4 is 34.5 Å². The number of aryl methyl sites for hydroxylation is 1. The van der Waals surface area contributed by atoms with E-state index in [0.29, 0.717) is 28.7 Å². The van der Waals surface area contributed by atoms with Crippen molar-refractivity contribution in [2.24, 2.45) is 0 Å². The molecular weight excluding hydrogens is 292 g/mol. The third kappa shape index (κ3) is 3.14. The lowest BCUT2D eigenvalue weighted by atomic mass is 10.2. The van der Waals surface area contributed by atoms with Crippen molar-refractivity contribution in [1.29, 1.82) is 0 Å². The van der Waals surface area contributed by atoms with E-state index in [4.69, 9.17) is 17.3 Å². The number of thiophene rings is 1. The van der Waals surface area contributed by atoms with Crippen molar-refractivity contribution in [1.82, 2.24) is 4.90 Å². The maximum absolute atomic E-state index is 12.5. The van der Waals surface area contributed by atoms with Crippen LogP contribution < -0.4 is 5.73 Å². The molecule has 0 aliphatic carbocycles. The molecule has 106 valence electrons. The first-order valence-corrected chi connectivity index (χ1v) is 7.66. The van der Waals surface area contributed by atoms with Crippen LogP contribution >= 0.6 is 22.9 Å². The van der Waals surface area contributed by atoms with Crippen molar-refractivity contribution in [2.45, 2.75) is 20.4 Å². The number of amides is 1. The van der Waals surface area contributed by atoms with Crippen LogP contribution in [0.3, 0.4) is 0 Å². The normalized spacial score (nSPS) is 10.6. The standard InChI is InChI=1S/C15H17ClN2OS/c1-3-18(8-11-5-4-6-12(17)7-11)15(19)14-13(16)10(2)9-20-14/h4-7,9H,3,8,17H2,1-2H3. The van der Waals surface area contributed by atoms with Gasteiger partial charge in [0.25, 0.3) is 5.91 Å². The lowest BCUT2D eigenvalue weighted by Gasteiger charge is -2.20. The number of carbonyl (C=O) groups is 1. The summed E-state index contributed by atoms with van der Waals surface area (Å²) < 4.78 is 0. The second-order valence-corrected chi connectivity index (χ2v) is 5.88. The summed E-state index contributed by atoms with van der Waals surface area (Å²) in [6, 6.07) is 7.58. The van der Waals surface area contributed by atoms with Crippen molar-refractivity contribution < 1.29 is 4.79 Å². The highest BCUT2D eigenvalue weighted by Gasteiger charge is 2.20. The average Bonchev–Trinajstić information content (AvgIpc) is 2.76. The number of anilines is 1. The van der Waals surface area contributed by atoms with Crippen LogP contribution in [0.25, 0.3) is 0 Å². The molecular formula is C15H17ClN2OS. The second kappa shape index (κ2) is 6.29. The monoisotopic (exact) mass is 308 g/mol. The summed E-state index contributed by atoms with van der Waals surface area (Å²) in [5.74, 6) is -0.0296. The number of hydrogen-bond donors (Lipinski definition) is 1. The third-order valence-electron chi connectivity index (χ3n) is 3.09. The molecule has 0 saturated carbocycles. The van der Waals surface area contributed by atoms with E-state index in [1.807, 2.05) is 43.5 Å². The molecule has 5 heteroatoms. The molecule has 1 aromatic heterocycles. The minimum atomic E-state index is -0.0296. The fourth-order valence-corrected chi connectivity index (χ4v) is 3.20. The molecule has 0 saturated heterocycles. The quantitative estimate of drug-likeness (QED) is 0.869. The Morgan fingerprint density at radius 2 is 2.20 bits per heavy atom. The average molecular weight is 309 g/mol. The first-order chi connectivity index (χ1) is 9.52. The highest BCUT2D eigenvalue weighted by molar-refractivity contribution is 7.13. The predicted octanol–water partition coefficient (Wildman–Crippen LogP) is 3.95. The van der Waals surface area contributed by atoms with E-state index in [1.54, 1.807) is 4.90 Å². The number of benzene rings is 1. The Bertz CT molecular complexity index is 624. The maximum Gasteiger partial charge on any atom is 0.265 e. The van der Waals surface area contributed by atoms with Gasteiger partial charge in [0.1, 0.15) is 4.88 Å². The number of carbonyl (C=O) groups excluding carboxylic acids is 1. The predicted molar refractivity (Wildman–Crippen MR) is 85.3 cm³/mol. The molecule has 20 heavy (non-hydrogen) atoms. The summed E-state index contributed by atoms with van der Waals surface area (Å²) in [7, 11) is 0. The van der Waals surface area contributed by atoms with Crippen molar-refractivity contribution in [3.63, 3.8) is 0 Å². The minimum absolute atomic E-state index is 0.0296. The van der Waals surface area contributed by atoms with E-state index < -0.39 is 0 Å². The van der Waals surface area contributed by atoms with Gasteiger partial charge in [0.2, 0.25) is 0 Å². The molecule has 1 amide bonds. The van der Waals surface area contributed by atoms with Gasteiger partial charge in [0.05, 0.1) is 5.02 Å². The lowest BCUT2D eigenvalue weighted by Crippen LogP contribution is -2.29. The van der Waals surface area contributed by atoms with Gasteiger partial charge >= 0.3 is 0 Å². The zero-order valence-electron chi connectivity index (χ0n) is 11.5. The van der Waals surface area contributed by atoms with Crippen molar-refractivity contribution in [3.8, 4) is 0 Å². The van der Waals surface area contributed by atoms with Crippen molar-refractivity contribution in [2.75, 3.05) is 12.3 Å². The number of nitrogens with zero attached hydrogens (tertiary/aromatic N) is 1. The van der Waals surface area contributed by atoms with Crippen LogP contribution in [0.2, 0.25) is 5.02 Å². The van der Waals surface area contributed by atoms with Crippen LogP contribution in [-0.2, 0) is 6.54 Å². The Labute approximate surface area is 128 Å². The first-order valence-electron chi connectivity index (χ1n) is 6.40. The Morgan fingerprint density at radius 1 is 1.45 bits per heavy atom. The van der Waals surface area contributed by atoms with E-state index >= 15 is 0 Å². The van der Waals surface area contributed by atoms with Gasteiger partial charge in [-0.2, -0.15) is 0 Å². The molecule has 0 radical (unpaired) electrons. The van der Waals surface area contributed by atoms with Crippen LogP contribution in [-0.4, -0.2) is 17.4 Å². The molecule has 2 aromatic rings. The van der Waals surface area contributed by atoms with Crippen LogP contribution in [0.5, 0.6) is 0 Å². The Balaban J connectivity index is 2.20. The van der Waals surface area contributed by atoms with Gasteiger partial charge in [0.15, 0.2) is 0 Å². The Hall–Kier alpha value is -1.52. The van der Waals surface area contributed by atoms with Gasteiger partial charge in [0, 0.05) is 18.8 Å². The Morgan fingerprint density at radius 3 is 2.75 bits per heavy atom. The molecule has 3 nitrogen and oxygen atoms in total. The van der Waals surface area contributed by atoms with Gasteiger partial charge in [-0.15, -0.1) is 11.3 Å². The molecule has 1 heterocycles. The van der Waals surface area contributed by atoms with E-state index in [0.717, 1.165) is 11.1 Å². The van der Waals surface area contributed by atoms with Gasteiger partial charge in [-0.3, -0.25) is 4.79 Å².